The zero-order valence-electron chi connectivity index (χ0n) is 9.24. The van der Waals surface area contributed by atoms with E-state index in [1.165, 1.54) is 0 Å². The standard InChI is InChI=1S/C11H16ClNO2S/c1-2-13-16(14,15)11-7-5-10(6-8-11)4-3-9-12/h5-8,13H,2-4,9H2,1H3. The van der Waals surface area contributed by atoms with Crippen LogP contribution in [0.25, 0.3) is 0 Å². The molecule has 0 saturated carbocycles. The zero-order chi connectivity index (χ0) is 12.0. The van der Waals surface area contributed by atoms with Crippen LogP contribution in [0.4, 0.5) is 0 Å². The van der Waals surface area contributed by atoms with E-state index in [1.807, 2.05) is 12.1 Å². The largest absolute Gasteiger partial charge is 0.240 e. The van der Waals surface area contributed by atoms with E-state index >= 15 is 0 Å². The predicted octanol–water partition coefficient (Wildman–Crippen LogP) is 2.16. The summed E-state index contributed by atoms with van der Waals surface area (Å²) in [6.45, 7) is 2.16. The van der Waals surface area contributed by atoms with Gasteiger partial charge in [-0.05, 0) is 30.5 Å². The fourth-order valence-corrected chi connectivity index (χ4v) is 2.55. The van der Waals surface area contributed by atoms with Crippen molar-refractivity contribution in [2.45, 2.75) is 24.7 Å². The molecule has 0 saturated heterocycles. The maximum Gasteiger partial charge on any atom is 0.240 e. The Bertz CT molecular complexity index is 414. The number of sulfonamides is 1. The first-order chi connectivity index (χ1) is 7.60. The average molecular weight is 262 g/mol. The van der Waals surface area contributed by atoms with E-state index in [4.69, 9.17) is 11.6 Å². The Morgan fingerprint density at radius 3 is 2.38 bits per heavy atom. The number of hydrogen-bond donors (Lipinski definition) is 1. The summed E-state index contributed by atoms with van der Waals surface area (Å²) in [5.41, 5.74) is 1.11. The Hall–Kier alpha value is -0.580. The first-order valence-electron chi connectivity index (χ1n) is 5.24. The van der Waals surface area contributed by atoms with Crippen LogP contribution in [0.2, 0.25) is 0 Å². The van der Waals surface area contributed by atoms with Crippen molar-refractivity contribution in [1.82, 2.24) is 4.72 Å². The zero-order valence-corrected chi connectivity index (χ0v) is 10.8. The highest BCUT2D eigenvalue weighted by atomic mass is 35.5. The number of hydrogen-bond acceptors (Lipinski definition) is 2. The summed E-state index contributed by atoms with van der Waals surface area (Å²) in [5, 5.41) is 0. The molecule has 0 radical (unpaired) electrons. The third-order valence-corrected chi connectivity index (χ3v) is 4.00. The van der Waals surface area contributed by atoms with Crippen LogP contribution < -0.4 is 4.72 Å². The van der Waals surface area contributed by atoms with Crippen molar-refractivity contribution < 1.29 is 8.42 Å². The molecule has 1 aromatic carbocycles. The minimum absolute atomic E-state index is 0.309. The Labute approximate surface area is 102 Å². The number of aryl methyl sites for hydroxylation is 1. The van der Waals surface area contributed by atoms with Crippen molar-refractivity contribution in [2.24, 2.45) is 0 Å². The summed E-state index contributed by atoms with van der Waals surface area (Å²) in [6, 6.07) is 6.91. The summed E-state index contributed by atoms with van der Waals surface area (Å²) in [6.07, 6.45) is 1.78. The molecule has 1 rings (SSSR count). The highest BCUT2D eigenvalue weighted by Crippen LogP contribution is 2.11. The van der Waals surface area contributed by atoms with E-state index in [0.717, 1.165) is 18.4 Å². The number of benzene rings is 1. The van der Waals surface area contributed by atoms with Gasteiger partial charge in [-0.3, -0.25) is 0 Å². The van der Waals surface area contributed by atoms with E-state index in [2.05, 4.69) is 4.72 Å². The monoisotopic (exact) mass is 261 g/mol. The molecule has 0 amide bonds. The van der Waals surface area contributed by atoms with Crippen LogP contribution in [0.5, 0.6) is 0 Å². The Morgan fingerprint density at radius 2 is 1.88 bits per heavy atom. The van der Waals surface area contributed by atoms with Gasteiger partial charge in [0, 0.05) is 12.4 Å². The molecular weight excluding hydrogens is 246 g/mol. The smallest absolute Gasteiger partial charge is 0.211 e. The van der Waals surface area contributed by atoms with Crippen LogP contribution in [0.3, 0.4) is 0 Å². The minimum Gasteiger partial charge on any atom is -0.211 e. The molecule has 0 aromatic heterocycles. The van der Waals surface area contributed by atoms with Gasteiger partial charge in [0.15, 0.2) is 0 Å². The number of halogens is 1. The van der Waals surface area contributed by atoms with Crippen LogP contribution in [-0.2, 0) is 16.4 Å². The molecule has 16 heavy (non-hydrogen) atoms. The fourth-order valence-electron chi connectivity index (χ4n) is 1.38. The molecule has 0 aliphatic rings. The van der Waals surface area contributed by atoms with E-state index in [9.17, 15) is 8.42 Å². The highest BCUT2D eigenvalue weighted by Gasteiger charge is 2.11. The molecule has 5 heteroatoms. The Morgan fingerprint density at radius 1 is 1.25 bits per heavy atom. The highest BCUT2D eigenvalue weighted by molar-refractivity contribution is 7.89. The molecule has 0 heterocycles. The average Bonchev–Trinajstić information content (AvgIpc) is 2.27. The lowest BCUT2D eigenvalue weighted by Gasteiger charge is -2.05. The van der Waals surface area contributed by atoms with E-state index in [1.54, 1.807) is 19.1 Å². The maximum absolute atomic E-state index is 11.6. The van der Waals surface area contributed by atoms with Gasteiger partial charge < -0.3 is 0 Å². The number of alkyl halides is 1. The SMILES string of the molecule is CCNS(=O)(=O)c1ccc(CCCCl)cc1. The lowest BCUT2D eigenvalue weighted by Crippen LogP contribution is -2.23. The van der Waals surface area contributed by atoms with Crippen LogP contribution in [0.1, 0.15) is 18.9 Å². The van der Waals surface area contributed by atoms with E-state index in [0.29, 0.717) is 17.3 Å². The van der Waals surface area contributed by atoms with Gasteiger partial charge in [0.25, 0.3) is 0 Å². The van der Waals surface area contributed by atoms with Crippen molar-refractivity contribution in [3.63, 3.8) is 0 Å². The van der Waals surface area contributed by atoms with Gasteiger partial charge in [0.1, 0.15) is 0 Å². The van der Waals surface area contributed by atoms with Gasteiger partial charge in [0.05, 0.1) is 4.90 Å². The second-order valence-corrected chi connectivity index (χ2v) is 5.58. The predicted molar refractivity (Wildman–Crippen MR) is 66.3 cm³/mol. The molecule has 1 N–H and O–H groups in total. The van der Waals surface area contributed by atoms with Crippen molar-refractivity contribution in [3.8, 4) is 0 Å². The van der Waals surface area contributed by atoms with Crippen molar-refractivity contribution in [2.75, 3.05) is 12.4 Å². The molecule has 0 aliphatic carbocycles. The topological polar surface area (TPSA) is 46.2 Å². The van der Waals surface area contributed by atoms with Gasteiger partial charge >= 0.3 is 0 Å². The van der Waals surface area contributed by atoms with E-state index < -0.39 is 10.0 Å². The van der Waals surface area contributed by atoms with Crippen molar-refractivity contribution in [3.05, 3.63) is 29.8 Å². The summed E-state index contributed by atoms with van der Waals surface area (Å²) in [4.78, 5) is 0.309. The normalized spacial score (nSPS) is 11.6. The third-order valence-electron chi connectivity index (χ3n) is 2.17. The van der Waals surface area contributed by atoms with Gasteiger partial charge in [-0.2, -0.15) is 0 Å². The molecular formula is C11H16ClNO2S. The molecule has 0 aliphatic heterocycles. The second kappa shape index (κ2) is 6.23. The molecule has 90 valence electrons. The lowest BCUT2D eigenvalue weighted by atomic mass is 10.1. The van der Waals surface area contributed by atoms with Gasteiger partial charge in [0.2, 0.25) is 10.0 Å². The first-order valence-corrected chi connectivity index (χ1v) is 7.26. The Kier molecular flexibility index (Phi) is 5.25. The Balaban J connectivity index is 2.78. The van der Waals surface area contributed by atoms with Crippen LogP contribution in [-0.4, -0.2) is 20.8 Å². The molecule has 1 aromatic rings. The van der Waals surface area contributed by atoms with Gasteiger partial charge in [-0.15, -0.1) is 11.6 Å². The first kappa shape index (κ1) is 13.5. The summed E-state index contributed by atoms with van der Waals surface area (Å²) in [5.74, 6) is 0.622. The summed E-state index contributed by atoms with van der Waals surface area (Å²) in [7, 11) is -3.32. The number of nitrogens with one attached hydrogen (secondary N) is 1. The molecule has 0 fully saturated rings. The fraction of sp³-hybridized carbons (Fsp3) is 0.455. The molecule has 0 bridgehead atoms. The van der Waals surface area contributed by atoms with Crippen LogP contribution >= 0.6 is 11.6 Å². The van der Waals surface area contributed by atoms with Gasteiger partial charge in [-0.25, -0.2) is 13.1 Å². The quantitative estimate of drug-likeness (QED) is 0.798. The van der Waals surface area contributed by atoms with Crippen LogP contribution in [0.15, 0.2) is 29.2 Å². The number of rotatable bonds is 6. The third kappa shape index (κ3) is 3.77. The maximum atomic E-state index is 11.6. The van der Waals surface area contributed by atoms with Gasteiger partial charge in [-0.1, -0.05) is 19.1 Å². The van der Waals surface area contributed by atoms with Crippen molar-refractivity contribution >= 4 is 21.6 Å². The summed E-state index contributed by atoms with van der Waals surface area (Å²) < 4.78 is 25.7. The lowest BCUT2D eigenvalue weighted by molar-refractivity contribution is 0.584. The molecule has 3 nitrogen and oxygen atoms in total. The molecule has 0 spiro atoms. The second-order valence-electron chi connectivity index (χ2n) is 3.44. The summed E-state index contributed by atoms with van der Waals surface area (Å²) >= 11 is 5.59. The van der Waals surface area contributed by atoms with Crippen LogP contribution in [0, 0.1) is 0 Å². The van der Waals surface area contributed by atoms with E-state index in [-0.39, 0.29) is 0 Å². The van der Waals surface area contributed by atoms with Crippen molar-refractivity contribution in [1.29, 1.82) is 0 Å². The molecule has 0 atom stereocenters. The molecule has 0 unspecified atom stereocenters. The minimum atomic E-state index is -3.32.